The normalized spacial score (nSPS) is 9.08. The minimum absolute atomic E-state index is 0.688. The molecule has 0 spiro atoms. The van der Waals surface area contributed by atoms with E-state index in [2.05, 4.69) is 12.7 Å². The molecule has 13 heavy (non-hydrogen) atoms. The molecule has 0 aromatic heterocycles. The van der Waals surface area contributed by atoms with Gasteiger partial charge >= 0.3 is 0 Å². The number of hydrogen-bond acceptors (Lipinski definition) is 1. The Hall–Kier alpha value is -0.810. The van der Waals surface area contributed by atoms with Gasteiger partial charge < -0.3 is 0 Å². The second-order valence-electron chi connectivity index (χ2n) is 3.35. The standard InChI is InChI=1S/C12H20O/c1-3-4-5-6-7-8-9-10-12(2)11-13/h9,11H,3-8H2,1-2H3. The monoisotopic (exact) mass is 180 g/mol. The van der Waals surface area contributed by atoms with Gasteiger partial charge in [-0.15, -0.1) is 5.73 Å². The van der Waals surface area contributed by atoms with Crippen molar-refractivity contribution in [1.29, 1.82) is 0 Å². The van der Waals surface area contributed by atoms with Crippen molar-refractivity contribution in [3.8, 4) is 0 Å². The Morgan fingerprint density at radius 1 is 1.23 bits per heavy atom. The summed E-state index contributed by atoms with van der Waals surface area (Å²) in [7, 11) is 0. The van der Waals surface area contributed by atoms with E-state index >= 15 is 0 Å². The fraction of sp³-hybridized carbons (Fsp3) is 0.667. The molecular formula is C12H20O. The lowest BCUT2D eigenvalue weighted by molar-refractivity contribution is -0.104. The van der Waals surface area contributed by atoms with Crippen molar-refractivity contribution in [2.24, 2.45) is 0 Å². The van der Waals surface area contributed by atoms with Crippen molar-refractivity contribution < 1.29 is 4.79 Å². The number of aldehydes is 1. The fourth-order valence-corrected chi connectivity index (χ4v) is 1.12. The molecule has 1 nitrogen and oxygen atoms in total. The van der Waals surface area contributed by atoms with Crippen LogP contribution in [0.2, 0.25) is 0 Å². The van der Waals surface area contributed by atoms with Crippen LogP contribution >= 0.6 is 0 Å². The highest BCUT2D eigenvalue weighted by Crippen LogP contribution is 2.04. The van der Waals surface area contributed by atoms with Crippen molar-refractivity contribution >= 4 is 6.29 Å². The number of carbonyl (C=O) groups is 1. The molecule has 0 saturated carbocycles. The zero-order valence-corrected chi connectivity index (χ0v) is 8.81. The highest BCUT2D eigenvalue weighted by atomic mass is 16.1. The first-order valence-electron chi connectivity index (χ1n) is 5.18. The molecule has 0 saturated heterocycles. The van der Waals surface area contributed by atoms with E-state index in [-0.39, 0.29) is 0 Å². The van der Waals surface area contributed by atoms with Gasteiger partial charge in [-0.3, -0.25) is 4.79 Å². The molecule has 0 heterocycles. The maximum atomic E-state index is 10.2. The quantitative estimate of drug-likeness (QED) is 0.253. The third kappa shape index (κ3) is 9.10. The van der Waals surface area contributed by atoms with Crippen LogP contribution < -0.4 is 0 Å². The van der Waals surface area contributed by atoms with Crippen LogP contribution in [0.3, 0.4) is 0 Å². The molecule has 0 bridgehead atoms. The summed E-state index contributed by atoms with van der Waals surface area (Å²) in [4.78, 5) is 10.2. The predicted octanol–water partition coefficient (Wildman–Crippen LogP) is 3.65. The lowest BCUT2D eigenvalue weighted by Gasteiger charge is -1.94. The van der Waals surface area contributed by atoms with E-state index in [9.17, 15) is 4.79 Å². The van der Waals surface area contributed by atoms with Crippen molar-refractivity contribution in [2.45, 2.75) is 52.4 Å². The SMILES string of the molecule is CCCCCCCC=C=C(C)C=O. The second-order valence-corrected chi connectivity index (χ2v) is 3.35. The summed E-state index contributed by atoms with van der Waals surface area (Å²) in [6.45, 7) is 4.00. The summed E-state index contributed by atoms with van der Waals surface area (Å²) >= 11 is 0. The van der Waals surface area contributed by atoms with Crippen molar-refractivity contribution in [3.63, 3.8) is 0 Å². The fourth-order valence-electron chi connectivity index (χ4n) is 1.12. The maximum Gasteiger partial charge on any atom is 0.153 e. The molecule has 0 aliphatic carbocycles. The number of rotatable bonds is 7. The Morgan fingerprint density at radius 2 is 1.92 bits per heavy atom. The summed E-state index contributed by atoms with van der Waals surface area (Å²) < 4.78 is 0. The lowest BCUT2D eigenvalue weighted by atomic mass is 10.1. The molecule has 0 aromatic carbocycles. The number of hydrogen-bond donors (Lipinski definition) is 0. The molecule has 1 heteroatoms. The minimum atomic E-state index is 0.688. The number of allylic oxidation sites excluding steroid dienone is 1. The first kappa shape index (κ1) is 12.2. The average molecular weight is 180 g/mol. The number of carbonyl (C=O) groups excluding carboxylic acids is 1. The highest BCUT2D eigenvalue weighted by Gasteiger charge is 1.86. The molecule has 0 aliphatic rings. The molecule has 0 amide bonds. The van der Waals surface area contributed by atoms with Gasteiger partial charge in [0.25, 0.3) is 0 Å². The van der Waals surface area contributed by atoms with Crippen LogP contribution in [0.5, 0.6) is 0 Å². The molecule has 0 rings (SSSR count). The predicted molar refractivity (Wildman–Crippen MR) is 56.7 cm³/mol. The third-order valence-electron chi connectivity index (χ3n) is 1.96. The Kier molecular flexibility index (Phi) is 8.70. The van der Waals surface area contributed by atoms with Gasteiger partial charge in [-0.25, -0.2) is 0 Å². The van der Waals surface area contributed by atoms with Gasteiger partial charge in [0, 0.05) is 5.57 Å². The minimum Gasteiger partial charge on any atom is -0.298 e. The molecular weight excluding hydrogens is 160 g/mol. The Balaban J connectivity index is 3.35. The second kappa shape index (κ2) is 9.28. The lowest BCUT2D eigenvalue weighted by Crippen LogP contribution is -1.76. The van der Waals surface area contributed by atoms with Crippen LogP contribution in [-0.2, 0) is 4.79 Å². The molecule has 0 aromatic rings. The van der Waals surface area contributed by atoms with E-state index in [0.29, 0.717) is 5.57 Å². The van der Waals surface area contributed by atoms with Crippen LogP contribution in [0.25, 0.3) is 0 Å². The Bertz CT molecular complexity index is 185. The van der Waals surface area contributed by atoms with Gasteiger partial charge in [0.1, 0.15) is 0 Å². The van der Waals surface area contributed by atoms with E-state index in [1.54, 1.807) is 6.92 Å². The topological polar surface area (TPSA) is 17.1 Å². The Morgan fingerprint density at radius 3 is 2.54 bits per heavy atom. The third-order valence-corrected chi connectivity index (χ3v) is 1.96. The average Bonchev–Trinajstić information content (AvgIpc) is 2.16. The van der Waals surface area contributed by atoms with Gasteiger partial charge in [0.15, 0.2) is 6.29 Å². The zero-order valence-electron chi connectivity index (χ0n) is 8.81. The highest BCUT2D eigenvalue weighted by molar-refractivity contribution is 5.71. The van der Waals surface area contributed by atoms with Crippen LogP contribution in [0.4, 0.5) is 0 Å². The summed E-state index contributed by atoms with van der Waals surface area (Å²) in [6.07, 6.45) is 10.3. The van der Waals surface area contributed by atoms with Crippen molar-refractivity contribution in [2.75, 3.05) is 0 Å². The molecule has 0 fully saturated rings. The van der Waals surface area contributed by atoms with Gasteiger partial charge in [0.05, 0.1) is 0 Å². The van der Waals surface area contributed by atoms with Gasteiger partial charge in [0.2, 0.25) is 0 Å². The maximum absolute atomic E-state index is 10.2. The number of unbranched alkanes of at least 4 members (excludes halogenated alkanes) is 5. The van der Waals surface area contributed by atoms with Crippen LogP contribution in [0, 0.1) is 0 Å². The van der Waals surface area contributed by atoms with Crippen LogP contribution in [0.15, 0.2) is 17.4 Å². The van der Waals surface area contributed by atoms with E-state index < -0.39 is 0 Å². The zero-order chi connectivity index (χ0) is 9.94. The van der Waals surface area contributed by atoms with E-state index in [1.807, 2.05) is 6.08 Å². The van der Waals surface area contributed by atoms with Crippen LogP contribution in [0.1, 0.15) is 52.4 Å². The molecule has 0 aliphatic heterocycles. The van der Waals surface area contributed by atoms with E-state index in [1.165, 1.54) is 32.1 Å². The molecule has 0 unspecified atom stereocenters. The van der Waals surface area contributed by atoms with Crippen molar-refractivity contribution in [3.05, 3.63) is 17.4 Å². The summed E-state index contributed by atoms with van der Waals surface area (Å²) in [5, 5.41) is 0. The molecule has 74 valence electrons. The first-order chi connectivity index (χ1) is 6.31. The molecule has 0 N–H and O–H groups in total. The van der Waals surface area contributed by atoms with E-state index in [0.717, 1.165) is 12.7 Å². The van der Waals surface area contributed by atoms with E-state index in [4.69, 9.17) is 0 Å². The van der Waals surface area contributed by atoms with Gasteiger partial charge in [-0.1, -0.05) is 32.6 Å². The largest absolute Gasteiger partial charge is 0.298 e. The molecule has 0 atom stereocenters. The smallest absolute Gasteiger partial charge is 0.153 e. The summed E-state index contributed by atoms with van der Waals surface area (Å²) in [6, 6.07) is 0. The summed E-state index contributed by atoms with van der Waals surface area (Å²) in [5.74, 6) is 0. The summed E-state index contributed by atoms with van der Waals surface area (Å²) in [5.41, 5.74) is 3.64. The van der Waals surface area contributed by atoms with Crippen molar-refractivity contribution in [1.82, 2.24) is 0 Å². The first-order valence-corrected chi connectivity index (χ1v) is 5.18. The Labute approximate surface area is 81.5 Å². The van der Waals surface area contributed by atoms with Gasteiger partial charge in [-0.2, -0.15) is 0 Å². The van der Waals surface area contributed by atoms with Crippen LogP contribution in [-0.4, -0.2) is 6.29 Å². The molecule has 0 radical (unpaired) electrons. The van der Waals surface area contributed by atoms with Gasteiger partial charge in [-0.05, 0) is 25.8 Å².